The molecule has 2 aliphatic carbocycles. The molecular formula is C23H26N4O4S. The molecule has 2 fully saturated rings. The van der Waals surface area contributed by atoms with Crippen LogP contribution in [0.4, 0.5) is 5.69 Å². The number of carbonyl (C=O) groups is 1. The number of amides is 1. The topological polar surface area (TPSA) is 124 Å². The fourth-order valence-corrected chi connectivity index (χ4v) is 6.47. The lowest BCUT2D eigenvalue weighted by Crippen LogP contribution is -2.40. The molecule has 4 N–H and O–H groups in total. The molecule has 4 unspecified atom stereocenters. The summed E-state index contributed by atoms with van der Waals surface area (Å²) < 4.78 is 28.0. The van der Waals surface area contributed by atoms with Crippen LogP contribution in [0.3, 0.4) is 0 Å². The van der Waals surface area contributed by atoms with Gasteiger partial charge in [0.15, 0.2) is 0 Å². The Kier molecular flexibility index (Phi) is 5.08. The normalized spacial score (nSPS) is 23.3. The first-order valence-corrected chi connectivity index (χ1v) is 12.4. The van der Waals surface area contributed by atoms with Crippen LogP contribution in [0, 0.1) is 17.8 Å². The number of fused-ring (bicyclic) bond motifs is 3. The number of rotatable bonds is 6. The Balaban J connectivity index is 1.25. The molecule has 0 aliphatic heterocycles. The average molecular weight is 455 g/mol. The minimum absolute atomic E-state index is 0.0294. The number of hydrogen-bond acceptors (Lipinski definition) is 4. The Labute approximate surface area is 185 Å². The van der Waals surface area contributed by atoms with Gasteiger partial charge < -0.3 is 15.3 Å². The fourth-order valence-electron chi connectivity index (χ4n) is 5.39. The molecule has 2 bridgehead atoms. The number of anilines is 1. The van der Waals surface area contributed by atoms with Gasteiger partial charge in [0.05, 0.1) is 15.9 Å². The van der Waals surface area contributed by atoms with E-state index in [9.17, 15) is 18.0 Å². The Morgan fingerprint density at radius 2 is 1.78 bits per heavy atom. The highest BCUT2D eigenvalue weighted by Gasteiger charge is 2.42. The van der Waals surface area contributed by atoms with Crippen molar-refractivity contribution in [3.63, 3.8) is 0 Å². The molecule has 9 heteroatoms. The van der Waals surface area contributed by atoms with Crippen LogP contribution in [0.15, 0.2) is 52.2 Å². The molecule has 4 atom stereocenters. The molecule has 2 aromatic carbocycles. The number of aromatic amines is 2. The van der Waals surface area contributed by atoms with Crippen molar-refractivity contribution in [1.29, 1.82) is 0 Å². The first-order chi connectivity index (χ1) is 15.3. The standard InChI is InChI=1S/C23H26N4O4S/c1-13(19-11-14-2-3-16(19)10-14)24-22(28)15-4-6-17(7-5-15)27-32(30,31)18-8-9-20-21(12-18)26-23(29)25-20/h4-9,12-14,16,19,27H,2-3,10-11H2,1H3,(H,24,28)(H2,25,26,29). The van der Waals surface area contributed by atoms with Crippen molar-refractivity contribution in [2.45, 2.75) is 43.5 Å². The van der Waals surface area contributed by atoms with Gasteiger partial charge in [-0.2, -0.15) is 0 Å². The largest absolute Gasteiger partial charge is 0.349 e. The smallest absolute Gasteiger partial charge is 0.323 e. The van der Waals surface area contributed by atoms with E-state index < -0.39 is 15.7 Å². The van der Waals surface area contributed by atoms with E-state index in [0.717, 1.165) is 11.8 Å². The molecule has 2 saturated carbocycles. The molecule has 3 aromatic rings. The number of hydrogen-bond donors (Lipinski definition) is 4. The van der Waals surface area contributed by atoms with Gasteiger partial charge in [0.25, 0.3) is 15.9 Å². The summed E-state index contributed by atoms with van der Waals surface area (Å²) in [5, 5.41) is 3.13. The van der Waals surface area contributed by atoms with Crippen molar-refractivity contribution in [3.05, 3.63) is 58.5 Å². The third kappa shape index (κ3) is 3.92. The monoisotopic (exact) mass is 454 g/mol. The van der Waals surface area contributed by atoms with Crippen molar-refractivity contribution in [3.8, 4) is 0 Å². The highest BCUT2D eigenvalue weighted by Crippen LogP contribution is 2.49. The number of aromatic nitrogens is 2. The van der Waals surface area contributed by atoms with Gasteiger partial charge in [-0.3, -0.25) is 9.52 Å². The molecule has 1 aromatic heterocycles. The van der Waals surface area contributed by atoms with Crippen LogP contribution in [0.5, 0.6) is 0 Å². The van der Waals surface area contributed by atoms with Gasteiger partial charge in [0.2, 0.25) is 0 Å². The van der Waals surface area contributed by atoms with E-state index >= 15 is 0 Å². The zero-order valence-corrected chi connectivity index (χ0v) is 18.5. The highest BCUT2D eigenvalue weighted by atomic mass is 32.2. The Morgan fingerprint density at radius 3 is 2.47 bits per heavy atom. The Hall–Kier alpha value is -3.07. The summed E-state index contributed by atoms with van der Waals surface area (Å²) in [4.78, 5) is 29.2. The maximum Gasteiger partial charge on any atom is 0.323 e. The third-order valence-electron chi connectivity index (χ3n) is 6.99. The fraction of sp³-hybridized carbons (Fsp3) is 0.391. The summed E-state index contributed by atoms with van der Waals surface area (Å²) in [6, 6.07) is 10.9. The molecule has 1 heterocycles. The van der Waals surface area contributed by atoms with E-state index in [2.05, 4.69) is 26.9 Å². The molecule has 8 nitrogen and oxygen atoms in total. The molecule has 168 valence electrons. The first-order valence-electron chi connectivity index (χ1n) is 10.9. The van der Waals surface area contributed by atoms with Crippen LogP contribution in [-0.2, 0) is 10.0 Å². The van der Waals surface area contributed by atoms with E-state index in [-0.39, 0.29) is 16.8 Å². The number of benzene rings is 2. The second-order valence-corrected chi connectivity index (χ2v) is 10.8. The zero-order valence-electron chi connectivity index (χ0n) is 17.7. The number of imidazole rings is 1. The van der Waals surface area contributed by atoms with Crippen LogP contribution >= 0.6 is 0 Å². The van der Waals surface area contributed by atoms with Gasteiger partial charge in [-0.1, -0.05) is 6.42 Å². The van der Waals surface area contributed by atoms with Gasteiger partial charge in [-0.25, -0.2) is 13.2 Å². The van der Waals surface area contributed by atoms with E-state index in [1.54, 1.807) is 24.3 Å². The van der Waals surface area contributed by atoms with Crippen LogP contribution < -0.4 is 15.7 Å². The van der Waals surface area contributed by atoms with Crippen LogP contribution in [0.2, 0.25) is 0 Å². The third-order valence-corrected chi connectivity index (χ3v) is 8.37. The molecule has 0 radical (unpaired) electrons. The molecular weight excluding hydrogens is 428 g/mol. The summed E-state index contributed by atoms with van der Waals surface area (Å²) in [5.41, 5.74) is 1.39. The molecule has 5 rings (SSSR count). The predicted molar refractivity (Wildman–Crippen MR) is 122 cm³/mol. The van der Waals surface area contributed by atoms with E-state index in [0.29, 0.717) is 28.2 Å². The number of H-pyrrole nitrogens is 2. The van der Waals surface area contributed by atoms with Gasteiger partial charge in [-0.15, -0.1) is 0 Å². The second-order valence-electron chi connectivity index (χ2n) is 9.07. The van der Waals surface area contributed by atoms with E-state index in [1.165, 1.54) is 43.9 Å². The summed E-state index contributed by atoms with van der Waals surface area (Å²) >= 11 is 0. The van der Waals surface area contributed by atoms with Gasteiger partial charge >= 0.3 is 5.69 Å². The minimum Gasteiger partial charge on any atom is -0.349 e. The predicted octanol–water partition coefficient (Wildman–Crippen LogP) is 3.21. The van der Waals surface area contributed by atoms with Crippen molar-refractivity contribution < 1.29 is 13.2 Å². The SMILES string of the molecule is CC(NC(=O)c1ccc(NS(=O)(=O)c2ccc3[nH]c(=O)[nH]c3c2)cc1)C1CC2CCC1C2. The lowest BCUT2D eigenvalue weighted by Gasteiger charge is -2.28. The second kappa shape index (κ2) is 7.81. The van der Waals surface area contributed by atoms with Crippen molar-refractivity contribution in [1.82, 2.24) is 15.3 Å². The summed E-state index contributed by atoms with van der Waals surface area (Å²) in [6.45, 7) is 2.08. The highest BCUT2D eigenvalue weighted by molar-refractivity contribution is 7.92. The first kappa shape index (κ1) is 20.8. The number of sulfonamides is 1. The molecule has 0 spiro atoms. The van der Waals surface area contributed by atoms with Crippen LogP contribution in [0.25, 0.3) is 11.0 Å². The van der Waals surface area contributed by atoms with E-state index in [4.69, 9.17) is 0 Å². The Morgan fingerprint density at radius 1 is 1.03 bits per heavy atom. The molecule has 0 saturated heterocycles. The van der Waals surface area contributed by atoms with Crippen molar-refractivity contribution in [2.75, 3.05) is 4.72 Å². The quantitative estimate of drug-likeness (QED) is 0.456. The summed E-state index contributed by atoms with van der Waals surface area (Å²) in [7, 11) is -3.85. The molecule has 32 heavy (non-hydrogen) atoms. The summed E-state index contributed by atoms with van der Waals surface area (Å²) in [5.74, 6) is 1.97. The Bertz CT molecular complexity index is 1330. The average Bonchev–Trinajstić information content (AvgIpc) is 3.48. The number of carbonyl (C=O) groups excluding carboxylic acids is 1. The number of nitrogens with one attached hydrogen (secondary N) is 4. The van der Waals surface area contributed by atoms with Gasteiger partial charge in [0, 0.05) is 17.3 Å². The van der Waals surface area contributed by atoms with Gasteiger partial charge in [-0.05, 0) is 86.4 Å². The van der Waals surface area contributed by atoms with Crippen molar-refractivity contribution in [2.24, 2.45) is 17.8 Å². The lowest BCUT2D eigenvalue weighted by molar-refractivity contribution is 0.0915. The maximum absolute atomic E-state index is 12.7. The minimum atomic E-state index is -3.85. The van der Waals surface area contributed by atoms with Crippen LogP contribution in [-0.4, -0.2) is 30.3 Å². The van der Waals surface area contributed by atoms with Crippen molar-refractivity contribution >= 4 is 32.7 Å². The molecule has 2 aliphatic rings. The maximum atomic E-state index is 12.7. The zero-order chi connectivity index (χ0) is 22.5. The van der Waals surface area contributed by atoms with E-state index in [1.807, 2.05) is 0 Å². The van der Waals surface area contributed by atoms with Crippen LogP contribution in [0.1, 0.15) is 43.0 Å². The summed E-state index contributed by atoms with van der Waals surface area (Å²) in [6.07, 6.45) is 5.11. The van der Waals surface area contributed by atoms with Gasteiger partial charge in [0.1, 0.15) is 0 Å². The molecule has 1 amide bonds. The lowest BCUT2D eigenvalue weighted by atomic mass is 9.84.